The summed E-state index contributed by atoms with van der Waals surface area (Å²) in [7, 11) is 0. The first-order valence-corrected chi connectivity index (χ1v) is 4.63. The first kappa shape index (κ1) is 12.5. The van der Waals surface area contributed by atoms with Crippen LogP contribution in [0.15, 0.2) is 16.8 Å². The number of aliphatic imine (C=N–C) groups is 1. The van der Waals surface area contributed by atoms with Gasteiger partial charge in [0.2, 0.25) is 0 Å². The average molecular weight is 236 g/mol. The van der Waals surface area contributed by atoms with Crippen LogP contribution in [0, 0.1) is 5.92 Å². The summed E-state index contributed by atoms with van der Waals surface area (Å²) in [5, 5.41) is 8.56. The molecule has 90 valence electrons. The molecule has 0 aromatic heterocycles. The third kappa shape index (κ3) is 3.25. The highest BCUT2D eigenvalue weighted by molar-refractivity contribution is 6.21. The number of nitrogens with zero attached hydrogens (tertiary/aromatic N) is 1. The number of aliphatic carboxylic acids is 1. The van der Waals surface area contributed by atoms with Crippen molar-refractivity contribution in [1.82, 2.24) is 0 Å². The number of alkyl halides is 3. The van der Waals surface area contributed by atoms with Crippen LogP contribution in [0.25, 0.3) is 0 Å². The van der Waals surface area contributed by atoms with Gasteiger partial charge in [0.1, 0.15) is 5.57 Å². The van der Waals surface area contributed by atoms with Crippen molar-refractivity contribution in [1.29, 1.82) is 0 Å². The van der Waals surface area contributed by atoms with E-state index in [2.05, 4.69) is 4.99 Å². The summed E-state index contributed by atoms with van der Waals surface area (Å²) in [6.07, 6.45) is -2.70. The number of nitrogens with two attached hydrogens (primary N) is 1. The fourth-order valence-corrected chi connectivity index (χ4v) is 1.10. The van der Waals surface area contributed by atoms with Crippen molar-refractivity contribution >= 4 is 11.7 Å². The van der Waals surface area contributed by atoms with Gasteiger partial charge in [0.05, 0.1) is 0 Å². The van der Waals surface area contributed by atoms with Crippen molar-refractivity contribution in [3.8, 4) is 0 Å². The Hall–Kier alpha value is -1.53. The predicted octanol–water partition coefficient (Wildman–Crippen LogP) is 1.33. The van der Waals surface area contributed by atoms with Crippen LogP contribution in [-0.2, 0) is 4.79 Å². The molecule has 1 aliphatic rings. The molecule has 1 aliphatic carbocycles. The summed E-state index contributed by atoms with van der Waals surface area (Å²) >= 11 is 0. The second kappa shape index (κ2) is 4.54. The molecule has 0 amide bonds. The third-order valence-corrected chi connectivity index (χ3v) is 2.13. The molecule has 16 heavy (non-hydrogen) atoms. The third-order valence-electron chi connectivity index (χ3n) is 2.13. The van der Waals surface area contributed by atoms with Gasteiger partial charge in [-0.25, -0.2) is 4.79 Å². The van der Waals surface area contributed by atoms with Gasteiger partial charge in [-0.3, -0.25) is 4.99 Å². The highest BCUT2D eigenvalue weighted by Crippen LogP contribution is 2.30. The normalized spacial score (nSPS) is 18.7. The average Bonchev–Trinajstić information content (AvgIpc) is 2.92. The van der Waals surface area contributed by atoms with Crippen molar-refractivity contribution in [3.05, 3.63) is 11.8 Å². The van der Waals surface area contributed by atoms with E-state index in [1.54, 1.807) is 0 Å². The van der Waals surface area contributed by atoms with E-state index in [9.17, 15) is 18.0 Å². The Balaban J connectivity index is 2.93. The molecule has 0 aromatic carbocycles. The van der Waals surface area contributed by atoms with Crippen LogP contribution in [0.5, 0.6) is 0 Å². The predicted molar refractivity (Wildman–Crippen MR) is 51.0 cm³/mol. The summed E-state index contributed by atoms with van der Waals surface area (Å²) in [6, 6.07) is 0. The lowest BCUT2D eigenvalue weighted by atomic mass is 10.1. The number of carbonyl (C=O) groups is 1. The summed E-state index contributed by atoms with van der Waals surface area (Å²) in [5.41, 5.74) is 2.46. The minimum atomic E-state index is -4.79. The maximum atomic E-state index is 12.5. The van der Waals surface area contributed by atoms with E-state index >= 15 is 0 Å². The Kier molecular flexibility index (Phi) is 3.56. The second-order valence-electron chi connectivity index (χ2n) is 3.52. The Morgan fingerprint density at radius 3 is 2.38 bits per heavy atom. The van der Waals surface area contributed by atoms with Gasteiger partial charge in [0.15, 0.2) is 5.71 Å². The van der Waals surface area contributed by atoms with Gasteiger partial charge in [-0.2, -0.15) is 13.2 Å². The molecule has 0 atom stereocenters. The van der Waals surface area contributed by atoms with Gasteiger partial charge in [0.25, 0.3) is 0 Å². The van der Waals surface area contributed by atoms with Gasteiger partial charge in [-0.15, -0.1) is 0 Å². The van der Waals surface area contributed by atoms with E-state index in [1.165, 1.54) is 0 Å². The smallest absolute Gasteiger partial charge is 0.433 e. The topological polar surface area (TPSA) is 75.7 Å². The minimum absolute atomic E-state index is 0.000532. The van der Waals surface area contributed by atoms with Gasteiger partial charge < -0.3 is 10.8 Å². The molecule has 0 heterocycles. The number of carboxylic acid groups (broad SMARTS) is 1. The molecule has 1 fully saturated rings. The van der Waals surface area contributed by atoms with E-state index in [0.29, 0.717) is 6.20 Å². The van der Waals surface area contributed by atoms with Crippen LogP contribution in [-0.4, -0.2) is 29.5 Å². The fraction of sp³-hybridized carbons (Fsp3) is 0.556. The summed E-state index contributed by atoms with van der Waals surface area (Å²) in [4.78, 5) is 13.9. The standard InChI is InChI=1S/C9H11F3N2O2/c10-9(11,12)7(6(3-13)8(15)16)14-4-5-1-2-5/h3,5H,1-2,4,13H2,(H,15,16). The van der Waals surface area contributed by atoms with Crippen LogP contribution in [0.4, 0.5) is 13.2 Å². The monoisotopic (exact) mass is 236 g/mol. The van der Waals surface area contributed by atoms with Crippen molar-refractivity contribution in [2.45, 2.75) is 19.0 Å². The van der Waals surface area contributed by atoms with E-state index in [4.69, 9.17) is 10.8 Å². The van der Waals surface area contributed by atoms with Crippen molar-refractivity contribution < 1.29 is 23.1 Å². The fourth-order valence-electron chi connectivity index (χ4n) is 1.10. The Morgan fingerprint density at radius 2 is 2.06 bits per heavy atom. The lowest BCUT2D eigenvalue weighted by Gasteiger charge is -2.10. The van der Waals surface area contributed by atoms with Crippen LogP contribution in [0.3, 0.4) is 0 Å². The van der Waals surface area contributed by atoms with E-state index in [-0.39, 0.29) is 12.5 Å². The number of carboxylic acids is 1. The van der Waals surface area contributed by atoms with Crippen LogP contribution in [0.1, 0.15) is 12.8 Å². The van der Waals surface area contributed by atoms with E-state index in [0.717, 1.165) is 12.8 Å². The first-order chi connectivity index (χ1) is 7.36. The first-order valence-electron chi connectivity index (χ1n) is 4.63. The highest BCUT2D eigenvalue weighted by Gasteiger charge is 2.40. The van der Waals surface area contributed by atoms with Gasteiger partial charge in [0, 0.05) is 12.7 Å². The molecule has 1 saturated carbocycles. The molecule has 0 aliphatic heterocycles. The van der Waals surface area contributed by atoms with Crippen molar-refractivity contribution in [3.63, 3.8) is 0 Å². The molecule has 7 heteroatoms. The van der Waals surface area contributed by atoms with E-state index < -0.39 is 23.4 Å². The number of rotatable bonds is 4. The molecule has 0 bridgehead atoms. The second-order valence-corrected chi connectivity index (χ2v) is 3.52. The minimum Gasteiger partial charge on any atom is -0.478 e. The maximum absolute atomic E-state index is 12.5. The number of hydrogen-bond donors (Lipinski definition) is 2. The maximum Gasteiger partial charge on any atom is 0.433 e. The Bertz CT molecular complexity index is 343. The lowest BCUT2D eigenvalue weighted by Crippen LogP contribution is -2.29. The van der Waals surface area contributed by atoms with Gasteiger partial charge >= 0.3 is 12.1 Å². The molecule has 3 N–H and O–H groups in total. The molecule has 4 nitrogen and oxygen atoms in total. The van der Waals surface area contributed by atoms with Gasteiger partial charge in [-0.1, -0.05) is 0 Å². The summed E-state index contributed by atoms with van der Waals surface area (Å²) < 4.78 is 37.5. The molecule has 1 rings (SSSR count). The molecule has 0 radical (unpaired) electrons. The highest BCUT2D eigenvalue weighted by atomic mass is 19.4. The van der Waals surface area contributed by atoms with Gasteiger partial charge in [-0.05, 0) is 18.8 Å². The van der Waals surface area contributed by atoms with Crippen molar-refractivity contribution in [2.24, 2.45) is 16.6 Å². The molecule has 0 spiro atoms. The van der Waals surface area contributed by atoms with Crippen LogP contribution < -0.4 is 5.73 Å². The van der Waals surface area contributed by atoms with Crippen LogP contribution in [0.2, 0.25) is 0 Å². The number of halogens is 3. The zero-order chi connectivity index (χ0) is 12.3. The Labute approximate surface area is 89.7 Å². The summed E-state index contributed by atoms with van der Waals surface area (Å²) in [6.45, 7) is -0.000532. The zero-order valence-corrected chi connectivity index (χ0v) is 8.29. The van der Waals surface area contributed by atoms with Crippen molar-refractivity contribution in [2.75, 3.05) is 6.54 Å². The molecule has 0 aromatic rings. The molecule has 0 saturated heterocycles. The quantitative estimate of drug-likeness (QED) is 0.571. The Morgan fingerprint density at radius 1 is 1.50 bits per heavy atom. The molecule has 0 unspecified atom stereocenters. The SMILES string of the molecule is NC=C(C(=O)O)C(=NCC1CC1)C(F)(F)F. The molecular weight excluding hydrogens is 225 g/mol. The largest absolute Gasteiger partial charge is 0.478 e. The van der Waals surface area contributed by atoms with Crippen LogP contribution >= 0.6 is 0 Å². The summed E-state index contributed by atoms with van der Waals surface area (Å²) in [5.74, 6) is -1.58. The zero-order valence-electron chi connectivity index (χ0n) is 8.29. The molecular formula is C9H11F3N2O2. The van der Waals surface area contributed by atoms with E-state index in [1.807, 2.05) is 0 Å². The lowest BCUT2D eigenvalue weighted by molar-refractivity contribution is -0.132. The number of hydrogen-bond acceptors (Lipinski definition) is 3.